The minimum absolute atomic E-state index is 0.385. The molecule has 0 aromatic carbocycles. The van der Waals surface area contributed by atoms with E-state index in [1.165, 1.54) is 12.3 Å². The van der Waals surface area contributed by atoms with Crippen LogP contribution in [-0.2, 0) is 6.42 Å². The third-order valence-corrected chi connectivity index (χ3v) is 4.45. The maximum Gasteiger partial charge on any atom is 0.141 e. The van der Waals surface area contributed by atoms with Crippen molar-refractivity contribution in [1.29, 1.82) is 0 Å². The standard InChI is InChI=1S/C20H15ClFN4/c1-12-4-18-15(10-25-20(18)24-8-12)7-14-2-3-17(26-19(14)21)6-13-5-16(22)11-23-9-13/h2-6,8-11H,7H2,1H3,(H,24,25). The van der Waals surface area contributed by atoms with E-state index in [0.717, 1.165) is 27.7 Å². The van der Waals surface area contributed by atoms with Crippen molar-refractivity contribution in [3.63, 3.8) is 0 Å². The third-order valence-electron chi connectivity index (χ3n) is 4.12. The minimum atomic E-state index is -0.385. The van der Waals surface area contributed by atoms with Crippen LogP contribution in [0.5, 0.6) is 0 Å². The number of aromatic amines is 1. The van der Waals surface area contributed by atoms with Gasteiger partial charge in [-0.25, -0.2) is 14.4 Å². The van der Waals surface area contributed by atoms with Gasteiger partial charge in [0.15, 0.2) is 0 Å². The van der Waals surface area contributed by atoms with Gasteiger partial charge in [-0.1, -0.05) is 17.7 Å². The summed E-state index contributed by atoms with van der Waals surface area (Å²) < 4.78 is 13.2. The fourth-order valence-electron chi connectivity index (χ4n) is 2.88. The van der Waals surface area contributed by atoms with Gasteiger partial charge in [0.1, 0.15) is 16.6 Å². The number of hydrogen-bond donors (Lipinski definition) is 1. The molecule has 26 heavy (non-hydrogen) atoms. The van der Waals surface area contributed by atoms with Gasteiger partial charge in [-0.15, -0.1) is 0 Å². The highest BCUT2D eigenvalue weighted by Crippen LogP contribution is 2.24. The lowest BCUT2D eigenvalue weighted by molar-refractivity contribution is 0.620. The van der Waals surface area contributed by atoms with Gasteiger partial charge in [0.25, 0.3) is 0 Å². The average molecular weight is 366 g/mol. The second-order valence-electron chi connectivity index (χ2n) is 6.17. The first-order chi connectivity index (χ1) is 12.6. The molecule has 0 amide bonds. The highest BCUT2D eigenvalue weighted by atomic mass is 35.5. The van der Waals surface area contributed by atoms with Crippen LogP contribution in [0.25, 0.3) is 11.0 Å². The predicted octanol–water partition coefficient (Wildman–Crippen LogP) is 4.65. The molecular formula is C20H15ClFN4. The summed E-state index contributed by atoms with van der Waals surface area (Å²) in [5, 5.41) is 1.51. The summed E-state index contributed by atoms with van der Waals surface area (Å²) in [5.74, 6) is -0.385. The Labute approximate surface area is 155 Å². The summed E-state index contributed by atoms with van der Waals surface area (Å²) in [7, 11) is 0. The number of nitrogens with one attached hydrogen (secondary N) is 1. The zero-order chi connectivity index (χ0) is 18.1. The monoisotopic (exact) mass is 365 g/mol. The van der Waals surface area contributed by atoms with E-state index in [0.29, 0.717) is 22.8 Å². The van der Waals surface area contributed by atoms with Crippen LogP contribution in [0.3, 0.4) is 0 Å². The zero-order valence-corrected chi connectivity index (χ0v) is 14.8. The van der Waals surface area contributed by atoms with E-state index in [9.17, 15) is 4.39 Å². The van der Waals surface area contributed by atoms with E-state index in [2.05, 4.69) is 26.0 Å². The van der Waals surface area contributed by atoms with Crippen LogP contribution in [0.2, 0.25) is 5.15 Å². The second-order valence-corrected chi connectivity index (χ2v) is 6.52. The van der Waals surface area contributed by atoms with Crippen molar-refractivity contribution in [3.8, 4) is 0 Å². The molecule has 1 radical (unpaired) electrons. The number of H-pyrrole nitrogens is 1. The molecule has 4 aromatic rings. The highest BCUT2D eigenvalue weighted by molar-refractivity contribution is 6.30. The zero-order valence-electron chi connectivity index (χ0n) is 14.0. The van der Waals surface area contributed by atoms with Crippen LogP contribution in [0, 0.1) is 19.2 Å². The number of pyridine rings is 3. The first-order valence-electron chi connectivity index (χ1n) is 8.12. The van der Waals surface area contributed by atoms with Crippen LogP contribution in [0.15, 0.2) is 49.1 Å². The van der Waals surface area contributed by atoms with Gasteiger partial charge < -0.3 is 4.98 Å². The first-order valence-corrected chi connectivity index (χ1v) is 8.49. The number of halogens is 2. The van der Waals surface area contributed by atoms with E-state index in [4.69, 9.17) is 11.6 Å². The molecular weight excluding hydrogens is 351 g/mol. The number of aromatic nitrogens is 4. The SMILES string of the molecule is Cc1cnc2[nH]cc(Cc3ccc([CH]c4cncc(F)c4)nc3Cl)c2c1. The topological polar surface area (TPSA) is 54.5 Å². The Hall–Kier alpha value is -2.79. The van der Waals surface area contributed by atoms with E-state index in [-0.39, 0.29) is 5.82 Å². The van der Waals surface area contributed by atoms with Crippen molar-refractivity contribution in [2.24, 2.45) is 0 Å². The van der Waals surface area contributed by atoms with E-state index in [1.54, 1.807) is 12.6 Å². The molecule has 0 saturated carbocycles. The Kier molecular flexibility index (Phi) is 4.39. The van der Waals surface area contributed by atoms with Crippen molar-refractivity contribution in [2.75, 3.05) is 0 Å². The smallest absolute Gasteiger partial charge is 0.141 e. The molecule has 0 aliphatic rings. The first kappa shape index (κ1) is 16.7. The van der Waals surface area contributed by atoms with Gasteiger partial charge in [0.2, 0.25) is 0 Å². The minimum Gasteiger partial charge on any atom is -0.346 e. The van der Waals surface area contributed by atoms with E-state index < -0.39 is 0 Å². The molecule has 0 fully saturated rings. The maximum atomic E-state index is 13.2. The molecule has 129 valence electrons. The molecule has 0 aliphatic carbocycles. The van der Waals surface area contributed by atoms with Crippen LogP contribution in [-0.4, -0.2) is 19.9 Å². The van der Waals surface area contributed by atoms with Crippen molar-refractivity contribution in [1.82, 2.24) is 19.9 Å². The maximum absolute atomic E-state index is 13.2. The summed E-state index contributed by atoms with van der Waals surface area (Å²) in [4.78, 5) is 15.8. The molecule has 0 atom stereocenters. The average Bonchev–Trinajstić information content (AvgIpc) is 2.99. The predicted molar refractivity (Wildman–Crippen MR) is 99.6 cm³/mol. The molecule has 0 bridgehead atoms. The quantitative estimate of drug-likeness (QED) is 0.536. The van der Waals surface area contributed by atoms with Gasteiger partial charge in [-0.05, 0) is 47.4 Å². The molecule has 4 aromatic heterocycles. The van der Waals surface area contributed by atoms with Crippen LogP contribution in [0.4, 0.5) is 4.39 Å². The Morgan fingerprint density at radius 3 is 2.85 bits per heavy atom. The van der Waals surface area contributed by atoms with Gasteiger partial charge in [0, 0.05) is 36.8 Å². The fourth-order valence-corrected chi connectivity index (χ4v) is 3.11. The Balaban J connectivity index is 1.58. The number of nitrogens with zero attached hydrogens (tertiary/aromatic N) is 3. The molecule has 0 unspecified atom stereocenters. The largest absolute Gasteiger partial charge is 0.346 e. The Morgan fingerprint density at radius 2 is 2.04 bits per heavy atom. The normalized spacial score (nSPS) is 11.2. The molecule has 0 saturated heterocycles. The lowest BCUT2D eigenvalue weighted by atomic mass is 10.0. The fraction of sp³-hybridized carbons (Fsp3) is 0.100. The second kappa shape index (κ2) is 6.84. The molecule has 4 heterocycles. The van der Waals surface area contributed by atoms with Crippen LogP contribution in [0.1, 0.15) is 27.9 Å². The number of hydrogen-bond acceptors (Lipinski definition) is 3. The Bertz CT molecular complexity index is 1090. The van der Waals surface area contributed by atoms with Gasteiger partial charge in [-0.3, -0.25) is 4.98 Å². The van der Waals surface area contributed by atoms with Gasteiger partial charge in [-0.2, -0.15) is 0 Å². The van der Waals surface area contributed by atoms with E-state index in [1.807, 2.05) is 31.5 Å². The lowest BCUT2D eigenvalue weighted by Gasteiger charge is -2.06. The summed E-state index contributed by atoms with van der Waals surface area (Å²) in [6, 6.07) is 7.31. The Morgan fingerprint density at radius 1 is 1.15 bits per heavy atom. The number of fused-ring (bicyclic) bond motifs is 1. The molecule has 1 N–H and O–H groups in total. The van der Waals surface area contributed by atoms with Crippen LogP contribution >= 0.6 is 11.6 Å². The summed E-state index contributed by atoms with van der Waals surface area (Å²) >= 11 is 6.38. The third kappa shape index (κ3) is 3.44. The summed E-state index contributed by atoms with van der Waals surface area (Å²) in [5.41, 5.74) is 5.30. The highest BCUT2D eigenvalue weighted by Gasteiger charge is 2.10. The molecule has 4 nitrogen and oxygen atoms in total. The van der Waals surface area contributed by atoms with Gasteiger partial charge in [0.05, 0.1) is 11.9 Å². The molecule has 0 aliphatic heterocycles. The van der Waals surface area contributed by atoms with Crippen molar-refractivity contribution >= 4 is 22.6 Å². The molecule has 0 spiro atoms. The lowest BCUT2D eigenvalue weighted by Crippen LogP contribution is -1.96. The summed E-state index contributed by atoms with van der Waals surface area (Å²) in [6.07, 6.45) is 8.92. The molecule has 6 heteroatoms. The van der Waals surface area contributed by atoms with Crippen molar-refractivity contribution in [3.05, 3.63) is 94.4 Å². The number of aryl methyl sites for hydroxylation is 1. The van der Waals surface area contributed by atoms with Gasteiger partial charge >= 0.3 is 0 Å². The van der Waals surface area contributed by atoms with Crippen molar-refractivity contribution in [2.45, 2.75) is 13.3 Å². The van der Waals surface area contributed by atoms with Crippen molar-refractivity contribution < 1.29 is 4.39 Å². The molecule has 4 rings (SSSR count). The van der Waals surface area contributed by atoms with Crippen LogP contribution < -0.4 is 0 Å². The number of rotatable bonds is 4. The summed E-state index contributed by atoms with van der Waals surface area (Å²) in [6.45, 7) is 2.02. The van der Waals surface area contributed by atoms with E-state index >= 15 is 0 Å².